The molecule has 0 fully saturated rings. The molecule has 0 atom stereocenters. The molecule has 0 aliphatic carbocycles. The van der Waals surface area contributed by atoms with Crippen LogP contribution in [0.1, 0.15) is 11.5 Å². The largest absolute Gasteiger partial charge is 0.381 e. The highest BCUT2D eigenvalue weighted by molar-refractivity contribution is 7.89. The normalized spacial score (nSPS) is 12.0. The van der Waals surface area contributed by atoms with Gasteiger partial charge in [0.15, 0.2) is 16.6 Å². The lowest BCUT2D eigenvalue weighted by Crippen LogP contribution is -2.25. The standard InChI is InChI=1S/C12H13N5O3S/c1-8-6-9(20-16-8)7-14-21(18,19)12-11(13)15-10-4-2-3-5-17(10)12/h2-6,14H,7,13H2,1H3. The molecule has 21 heavy (non-hydrogen) atoms. The zero-order valence-corrected chi connectivity index (χ0v) is 12.0. The van der Waals surface area contributed by atoms with Crippen LogP contribution in [0.4, 0.5) is 5.82 Å². The molecular weight excluding hydrogens is 294 g/mol. The Balaban J connectivity index is 1.95. The quantitative estimate of drug-likeness (QED) is 0.732. The number of nitrogens with one attached hydrogen (secondary N) is 1. The molecule has 3 aromatic heterocycles. The van der Waals surface area contributed by atoms with Crippen LogP contribution < -0.4 is 10.5 Å². The van der Waals surface area contributed by atoms with Crippen LogP contribution in [-0.2, 0) is 16.6 Å². The van der Waals surface area contributed by atoms with Gasteiger partial charge in [0.05, 0.1) is 12.2 Å². The number of rotatable bonds is 4. The fourth-order valence-electron chi connectivity index (χ4n) is 1.99. The fourth-order valence-corrected chi connectivity index (χ4v) is 3.20. The van der Waals surface area contributed by atoms with E-state index in [1.165, 1.54) is 4.40 Å². The number of nitrogens with zero attached hydrogens (tertiary/aromatic N) is 3. The van der Waals surface area contributed by atoms with E-state index in [1.807, 2.05) is 0 Å². The Morgan fingerprint density at radius 3 is 2.95 bits per heavy atom. The lowest BCUT2D eigenvalue weighted by molar-refractivity contribution is 0.377. The first-order valence-corrected chi connectivity index (χ1v) is 7.60. The van der Waals surface area contributed by atoms with Gasteiger partial charge in [-0.05, 0) is 19.1 Å². The van der Waals surface area contributed by atoms with Crippen molar-refractivity contribution < 1.29 is 12.9 Å². The second kappa shape index (κ2) is 4.86. The van der Waals surface area contributed by atoms with E-state index >= 15 is 0 Å². The summed E-state index contributed by atoms with van der Waals surface area (Å²) in [5, 5.41) is 3.61. The van der Waals surface area contributed by atoms with Crippen molar-refractivity contribution >= 4 is 21.5 Å². The van der Waals surface area contributed by atoms with E-state index in [2.05, 4.69) is 14.9 Å². The van der Waals surface area contributed by atoms with Gasteiger partial charge in [-0.1, -0.05) is 11.2 Å². The average Bonchev–Trinajstić information content (AvgIpc) is 2.99. The average molecular weight is 307 g/mol. The van der Waals surface area contributed by atoms with Crippen LogP contribution in [0.3, 0.4) is 0 Å². The Bertz CT molecular complexity index is 897. The molecule has 0 aromatic carbocycles. The van der Waals surface area contributed by atoms with Gasteiger partial charge < -0.3 is 10.3 Å². The summed E-state index contributed by atoms with van der Waals surface area (Å²) in [5.41, 5.74) is 6.87. The van der Waals surface area contributed by atoms with Gasteiger partial charge in [-0.15, -0.1) is 0 Å². The van der Waals surface area contributed by atoms with Crippen molar-refractivity contribution in [3.63, 3.8) is 0 Å². The molecule has 110 valence electrons. The summed E-state index contributed by atoms with van der Waals surface area (Å²) in [5.74, 6) is 0.367. The Labute approximate surface area is 120 Å². The Morgan fingerprint density at radius 2 is 2.24 bits per heavy atom. The number of hydrogen-bond acceptors (Lipinski definition) is 6. The van der Waals surface area contributed by atoms with Crippen molar-refractivity contribution in [1.29, 1.82) is 0 Å². The number of hydrogen-bond donors (Lipinski definition) is 2. The maximum absolute atomic E-state index is 12.4. The minimum absolute atomic E-state index is 0.0112. The van der Waals surface area contributed by atoms with Gasteiger partial charge in [0.25, 0.3) is 10.0 Å². The predicted molar refractivity (Wildman–Crippen MR) is 74.9 cm³/mol. The summed E-state index contributed by atoms with van der Waals surface area (Å²) in [6, 6.07) is 6.78. The summed E-state index contributed by atoms with van der Waals surface area (Å²) in [4.78, 5) is 4.02. The van der Waals surface area contributed by atoms with Crippen LogP contribution in [0, 0.1) is 6.92 Å². The van der Waals surface area contributed by atoms with Crippen LogP contribution >= 0.6 is 0 Å². The monoisotopic (exact) mass is 307 g/mol. The van der Waals surface area contributed by atoms with Crippen molar-refractivity contribution in [1.82, 2.24) is 19.3 Å². The molecule has 0 saturated carbocycles. The van der Waals surface area contributed by atoms with Gasteiger partial charge >= 0.3 is 0 Å². The minimum Gasteiger partial charge on any atom is -0.381 e. The summed E-state index contributed by atoms with van der Waals surface area (Å²) in [6.45, 7) is 1.74. The highest BCUT2D eigenvalue weighted by Gasteiger charge is 2.23. The molecule has 0 spiro atoms. The lowest BCUT2D eigenvalue weighted by Gasteiger charge is -2.05. The van der Waals surface area contributed by atoms with Crippen molar-refractivity contribution in [3.8, 4) is 0 Å². The van der Waals surface area contributed by atoms with E-state index < -0.39 is 10.0 Å². The van der Waals surface area contributed by atoms with E-state index in [-0.39, 0.29) is 17.4 Å². The highest BCUT2D eigenvalue weighted by atomic mass is 32.2. The smallest absolute Gasteiger partial charge is 0.260 e. The van der Waals surface area contributed by atoms with Crippen LogP contribution in [0.5, 0.6) is 0 Å². The number of sulfonamides is 1. The first kappa shape index (κ1) is 13.6. The fraction of sp³-hybridized carbons (Fsp3) is 0.167. The first-order valence-electron chi connectivity index (χ1n) is 6.12. The van der Waals surface area contributed by atoms with E-state index in [1.54, 1.807) is 37.4 Å². The number of anilines is 1. The molecule has 3 rings (SSSR count). The van der Waals surface area contributed by atoms with Crippen LogP contribution in [-0.4, -0.2) is 23.0 Å². The molecule has 0 aliphatic heterocycles. The number of aryl methyl sites for hydroxylation is 1. The van der Waals surface area contributed by atoms with E-state index in [4.69, 9.17) is 10.3 Å². The molecule has 0 unspecified atom stereocenters. The Morgan fingerprint density at radius 1 is 1.43 bits per heavy atom. The van der Waals surface area contributed by atoms with Crippen molar-refractivity contribution in [3.05, 3.63) is 41.9 Å². The molecule has 3 N–H and O–H groups in total. The summed E-state index contributed by atoms with van der Waals surface area (Å²) >= 11 is 0. The van der Waals surface area contributed by atoms with Gasteiger partial charge in [-0.3, -0.25) is 4.40 Å². The molecule has 8 nitrogen and oxygen atoms in total. The molecule has 0 bridgehead atoms. The van der Waals surface area contributed by atoms with E-state index in [0.717, 1.165) is 0 Å². The van der Waals surface area contributed by atoms with Gasteiger partial charge in [0.2, 0.25) is 0 Å². The molecule has 9 heteroatoms. The molecule has 0 aliphatic rings. The molecule has 0 saturated heterocycles. The summed E-state index contributed by atoms with van der Waals surface area (Å²) < 4.78 is 33.6. The first-order chi connectivity index (χ1) is 9.97. The van der Waals surface area contributed by atoms with Gasteiger partial charge in [-0.2, -0.15) is 0 Å². The SMILES string of the molecule is Cc1cc(CNS(=O)(=O)c2c(N)nc3ccccn23)on1. The number of fused-ring (bicyclic) bond motifs is 1. The van der Waals surface area contributed by atoms with E-state index in [9.17, 15) is 8.42 Å². The Hall–Kier alpha value is -2.39. The number of imidazole rings is 1. The summed E-state index contributed by atoms with van der Waals surface area (Å²) in [6.07, 6.45) is 1.59. The Kier molecular flexibility index (Phi) is 3.15. The third-order valence-corrected chi connectivity index (χ3v) is 4.32. The zero-order chi connectivity index (χ0) is 15.0. The molecule has 3 heterocycles. The molecule has 3 aromatic rings. The summed E-state index contributed by atoms with van der Waals surface area (Å²) in [7, 11) is -3.83. The second-order valence-corrected chi connectivity index (χ2v) is 6.17. The van der Waals surface area contributed by atoms with Gasteiger partial charge in [0, 0.05) is 12.3 Å². The van der Waals surface area contributed by atoms with Gasteiger partial charge in [-0.25, -0.2) is 18.1 Å². The highest BCUT2D eigenvalue weighted by Crippen LogP contribution is 2.20. The van der Waals surface area contributed by atoms with Gasteiger partial charge in [0.1, 0.15) is 5.65 Å². The molecule has 0 radical (unpaired) electrons. The molecule has 0 amide bonds. The third kappa shape index (κ3) is 2.48. The number of nitrogens with two attached hydrogens (primary N) is 1. The van der Waals surface area contributed by atoms with E-state index in [0.29, 0.717) is 17.1 Å². The number of aromatic nitrogens is 3. The lowest BCUT2D eigenvalue weighted by atomic mass is 10.4. The topological polar surface area (TPSA) is 116 Å². The van der Waals surface area contributed by atoms with Crippen molar-refractivity contribution in [2.45, 2.75) is 18.5 Å². The maximum atomic E-state index is 12.4. The third-order valence-electron chi connectivity index (χ3n) is 2.88. The minimum atomic E-state index is -3.83. The zero-order valence-electron chi connectivity index (χ0n) is 11.1. The maximum Gasteiger partial charge on any atom is 0.260 e. The van der Waals surface area contributed by atoms with Crippen molar-refractivity contribution in [2.24, 2.45) is 0 Å². The predicted octanol–water partition coefficient (Wildman–Crippen LogP) is 0.691. The van der Waals surface area contributed by atoms with Crippen LogP contribution in [0.25, 0.3) is 5.65 Å². The number of pyridine rings is 1. The second-order valence-electron chi connectivity index (χ2n) is 4.49. The van der Waals surface area contributed by atoms with Crippen molar-refractivity contribution in [2.75, 3.05) is 5.73 Å². The van der Waals surface area contributed by atoms with Crippen LogP contribution in [0.15, 0.2) is 40.0 Å². The molecular formula is C12H13N5O3S. The number of nitrogen functional groups attached to an aromatic ring is 1. The van der Waals surface area contributed by atoms with Crippen LogP contribution in [0.2, 0.25) is 0 Å².